The van der Waals surface area contributed by atoms with Crippen LogP contribution in [0.1, 0.15) is 104 Å². The molecule has 4 N–H and O–H groups in total. The number of amides is 1. The van der Waals surface area contributed by atoms with Crippen molar-refractivity contribution in [2.75, 3.05) is 7.11 Å². The highest BCUT2D eigenvalue weighted by atomic mass is 16.7. The zero-order valence-electron chi connectivity index (χ0n) is 25.1. The molecule has 234 valence electrons. The van der Waals surface area contributed by atoms with Crippen LogP contribution in [0.5, 0.6) is 0 Å². The third-order valence-corrected chi connectivity index (χ3v) is 9.81. The molecule has 2 heterocycles. The molecule has 0 bridgehead atoms. The lowest BCUT2D eigenvalue weighted by Gasteiger charge is -2.44. The van der Waals surface area contributed by atoms with Gasteiger partial charge in [-0.1, -0.05) is 65.2 Å². The Morgan fingerprint density at radius 3 is 2.17 bits per heavy atom. The first-order valence-electron chi connectivity index (χ1n) is 16.1. The topological polar surface area (TPSA) is 147 Å². The van der Waals surface area contributed by atoms with Gasteiger partial charge in [-0.2, -0.15) is 0 Å². The fourth-order valence-corrected chi connectivity index (χ4v) is 7.31. The van der Waals surface area contributed by atoms with Crippen LogP contribution >= 0.6 is 0 Å². The molecule has 4 rings (SSSR count). The van der Waals surface area contributed by atoms with Crippen LogP contribution < -0.4 is 5.32 Å². The zero-order chi connectivity index (χ0) is 29.5. The molecule has 0 aromatic rings. The van der Waals surface area contributed by atoms with Crippen LogP contribution in [0.15, 0.2) is 4.99 Å². The summed E-state index contributed by atoms with van der Waals surface area (Å²) in [4.78, 5) is 30.7. The summed E-state index contributed by atoms with van der Waals surface area (Å²) in [7, 11) is 1.16. The number of carbonyl (C=O) groups excluding carboxylic acids is 2. The van der Waals surface area contributed by atoms with Gasteiger partial charge in [0.15, 0.2) is 12.4 Å². The Morgan fingerprint density at radius 1 is 0.902 bits per heavy atom. The summed E-state index contributed by atoms with van der Waals surface area (Å²) in [6, 6.07) is -0.0283. The minimum absolute atomic E-state index is 0.0283. The minimum Gasteiger partial charge on any atom is -0.467 e. The molecule has 2 aliphatic carbocycles. The maximum atomic E-state index is 13.4. The number of amidine groups is 1. The van der Waals surface area contributed by atoms with Crippen LogP contribution in [0.2, 0.25) is 0 Å². The molecular weight excluding hydrogens is 528 g/mol. The van der Waals surface area contributed by atoms with Gasteiger partial charge in [0.05, 0.1) is 25.2 Å². The van der Waals surface area contributed by atoms with E-state index >= 15 is 0 Å². The van der Waals surface area contributed by atoms with Gasteiger partial charge in [0, 0.05) is 5.92 Å². The Kier molecular flexibility index (Phi) is 12.0. The molecule has 2 saturated carbocycles. The maximum absolute atomic E-state index is 13.4. The van der Waals surface area contributed by atoms with Crippen molar-refractivity contribution in [2.45, 2.75) is 147 Å². The van der Waals surface area contributed by atoms with E-state index in [0.29, 0.717) is 24.1 Å². The van der Waals surface area contributed by atoms with Crippen molar-refractivity contribution in [3.05, 3.63) is 0 Å². The Balaban J connectivity index is 1.50. The van der Waals surface area contributed by atoms with Crippen molar-refractivity contribution in [3.63, 3.8) is 0 Å². The van der Waals surface area contributed by atoms with Gasteiger partial charge in [-0.25, -0.2) is 4.79 Å². The largest absolute Gasteiger partial charge is 0.467 e. The highest BCUT2D eigenvalue weighted by Gasteiger charge is 2.50. The fourth-order valence-electron chi connectivity index (χ4n) is 7.31. The number of ether oxygens (including phenoxy) is 3. The second-order valence-corrected chi connectivity index (χ2v) is 12.7. The first kappa shape index (κ1) is 32.3. The average molecular weight is 581 g/mol. The number of carbonyl (C=O) groups is 2. The van der Waals surface area contributed by atoms with Crippen LogP contribution in [0.4, 0.5) is 0 Å². The summed E-state index contributed by atoms with van der Waals surface area (Å²) < 4.78 is 16.7. The molecule has 1 amide bonds. The Bertz CT molecular complexity index is 899. The van der Waals surface area contributed by atoms with Crippen LogP contribution in [0, 0.1) is 23.7 Å². The molecule has 0 aromatic carbocycles. The molecule has 0 aromatic heterocycles. The third-order valence-electron chi connectivity index (χ3n) is 9.81. The number of hydrogen-bond acceptors (Lipinski definition) is 9. The summed E-state index contributed by atoms with van der Waals surface area (Å²) in [5.74, 6) is 0.585. The molecular formula is C31H52N2O8. The van der Waals surface area contributed by atoms with Gasteiger partial charge in [0.2, 0.25) is 5.91 Å². The van der Waals surface area contributed by atoms with E-state index in [9.17, 15) is 24.9 Å². The number of rotatable bonds is 12. The number of hydrogen-bond donors (Lipinski definition) is 4. The quantitative estimate of drug-likeness (QED) is 0.203. The number of aliphatic hydroxyl groups excluding tert-OH is 3. The fraction of sp³-hybridized carbons (Fsp3) is 0.903. The molecule has 0 radical (unpaired) electrons. The molecule has 4 aliphatic rings. The standard InChI is InChI=1S/C31H52N2O8/c1-4-6-8-10-18-12-14-22-20(16-18)29(37)33-28(32-22)21-17-19(11-9-7-5-2)13-15-23(21)40-31-26(36)24(34)25(35)27(41-31)30(38)39-3/h18-27,31,34-36H,4-17H2,1-3H3,(H,32,33,37)/t18?,19?,20?,21?,22?,23?,24-,25+,26?,27?,31-/m1/s1. The lowest BCUT2D eigenvalue weighted by atomic mass is 9.73. The number of methoxy groups -OCH3 is 1. The molecule has 3 fully saturated rings. The lowest BCUT2D eigenvalue weighted by Crippen LogP contribution is -2.62. The van der Waals surface area contributed by atoms with Gasteiger partial charge >= 0.3 is 5.97 Å². The predicted molar refractivity (Wildman–Crippen MR) is 153 cm³/mol. The van der Waals surface area contributed by atoms with Crippen molar-refractivity contribution in [2.24, 2.45) is 28.7 Å². The number of nitrogens with one attached hydrogen (secondary N) is 1. The van der Waals surface area contributed by atoms with E-state index < -0.39 is 42.8 Å². The smallest absolute Gasteiger partial charge is 0.337 e. The first-order chi connectivity index (χ1) is 19.8. The molecule has 10 heteroatoms. The van der Waals surface area contributed by atoms with Crippen molar-refractivity contribution < 1.29 is 39.1 Å². The Morgan fingerprint density at radius 2 is 1.54 bits per heavy atom. The lowest BCUT2D eigenvalue weighted by molar-refractivity contribution is -0.309. The second-order valence-electron chi connectivity index (χ2n) is 12.7. The van der Waals surface area contributed by atoms with Gasteiger partial charge in [0.25, 0.3) is 0 Å². The van der Waals surface area contributed by atoms with Crippen molar-refractivity contribution >= 4 is 17.7 Å². The zero-order valence-corrected chi connectivity index (χ0v) is 25.1. The molecule has 11 atom stereocenters. The van der Waals surface area contributed by atoms with Crippen LogP contribution in [0.25, 0.3) is 0 Å². The molecule has 10 nitrogen and oxygen atoms in total. The second kappa shape index (κ2) is 15.2. The van der Waals surface area contributed by atoms with E-state index in [0.717, 1.165) is 58.5 Å². The van der Waals surface area contributed by atoms with E-state index in [1.807, 2.05) is 0 Å². The number of nitrogens with zero attached hydrogens (tertiary/aromatic N) is 1. The Hall–Kier alpha value is -1.59. The van der Waals surface area contributed by atoms with E-state index in [1.54, 1.807) is 0 Å². The molecule has 2 aliphatic heterocycles. The first-order valence-corrected chi connectivity index (χ1v) is 16.1. The monoisotopic (exact) mass is 580 g/mol. The number of fused-ring (bicyclic) bond motifs is 1. The van der Waals surface area contributed by atoms with E-state index in [1.165, 1.54) is 32.1 Å². The molecule has 0 spiro atoms. The van der Waals surface area contributed by atoms with Gasteiger partial charge in [-0.05, 0) is 50.4 Å². The van der Waals surface area contributed by atoms with E-state index in [-0.39, 0.29) is 23.8 Å². The minimum atomic E-state index is -1.64. The van der Waals surface area contributed by atoms with Gasteiger partial charge in [-0.15, -0.1) is 0 Å². The summed E-state index contributed by atoms with van der Waals surface area (Å²) in [6.45, 7) is 4.40. The van der Waals surface area contributed by atoms with E-state index in [2.05, 4.69) is 19.2 Å². The highest BCUT2D eigenvalue weighted by Crippen LogP contribution is 2.40. The summed E-state index contributed by atoms with van der Waals surface area (Å²) >= 11 is 0. The maximum Gasteiger partial charge on any atom is 0.337 e. The number of aliphatic imine (C=N–C) groups is 1. The summed E-state index contributed by atoms with van der Waals surface area (Å²) in [5.41, 5.74) is 0. The van der Waals surface area contributed by atoms with E-state index in [4.69, 9.17) is 19.2 Å². The van der Waals surface area contributed by atoms with Crippen molar-refractivity contribution in [1.29, 1.82) is 0 Å². The normalized spacial score (nSPS) is 39.4. The van der Waals surface area contributed by atoms with Gasteiger partial charge in [0.1, 0.15) is 24.1 Å². The van der Waals surface area contributed by atoms with Crippen LogP contribution in [0.3, 0.4) is 0 Å². The summed E-state index contributed by atoms with van der Waals surface area (Å²) in [5, 5.41) is 34.6. The Labute approximate surface area is 244 Å². The third kappa shape index (κ3) is 7.88. The molecule has 8 unspecified atom stereocenters. The van der Waals surface area contributed by atoms with Crippen LogP contribution in [-0.4, -0.2) is 83.0 Å². The predicted octanol–water partition coefficient (Wildman–Crippen LogP) is 3.24. The molecule has 1 saturated heterocycles. The SMILES string of the molecule is CCCCCC1CCC2N=C(C3CC(CCCCC)CCC3O[C@@H]3OC(C(=O)OC)[C@@H](O)[C@@H](O)C3O)NC(=O)C2C1. The molecule has 41 heavy (non-hydrogen) atoms. The van der Waals surface area contributed by atoms with Gasteiger partial charge < -0.3 is 34.8 Å². The van der Waals surface area contributed by atoms with Crippen LogP contribution in [-0.2, 0) is 23.8 Å². The number of aliphatic hydroxyl groups is 3. The van der Waals surface area contributed by atoms with Crippen molar-refractivity contribution in [1.82, 2.24) is 5.32 Å². The number of esters is 1. The average Bonchev–Trinajstić information content (AvgIpc) is 2.98. The highest BCUT2D eigenvalue weighted by molar-refractivity contribution is 6.02. The summed E-state index contributed by atoms with van der Waals surface area (Å²) in [6.07, 6.45) is 6.58. The van der Waals surface area contributed by atoms with Crippen molar-refractivity contribution in [3.8, 4) is 0 Å². The van der Waals surface area contributed by atoms with Gasteiger partial charge in [-0.3, -0.25) is 9.79 Å². The number of unbranched alkanes of at least 4 members (excludes halogenated alkanes) is 4.